The lowest BCUT2D eigenvalue weighted by Gasteiger charge is -2.40. The maximum atomic E-state index is 12.0. The highest BCUT2D eigenvalue weighted by atomic mass is 16.6. The van der Waals surface area contributed by atoms with Crippen LogP contribution in [-0.2, 0) is 19.0 Å². The van der Waals surface area contributed by atoms with Gasteiger partial charge in [-0.15, -0.1) is 0 Å². The van der Waals surface area contributed by atoms with E-state index in [1.807, 2.05) is 18.2 Å². The van der Waals surface area contributed by atoms with Gasteiger partial charge in [0.05, 0.1) is 19.8 Å². The van der Waals surface area contributed by atoms with E-state index in [0.29, 0.717) is 11.3 Å². The molecular weight excluding hydrogens is 288 g/mol. The summed E-state index contributed by atoms with van der Waals surface area (Å²) in [7, 11) is 1.28. The van der Waals surface area contributed by atoms with Gasteiger partial charge in [0.1, 0.15) is 11.7 Å². The number of carbonyl (C=O) groups excluding carboxylic acids is 1. The highest BCUT2D eigenvalue weighted by Gasteiger charge is 2.56. The number of hydrogen-bond acceptors (Lipinski definition) is 6. The Hall–Kier alpha value is -1.63. The van der Waals surface area contributed by atoms with Crippen molar-refractivity contribution in [2.45, 2.75) is 24.9 Å². The summed E-state index contributed by atoms with van der Waals surface area (Å²) in [6.45, 7) is 5.72. The van der Waals surface area contributed by atoms with Crippen LogP contribution >= 0.6 is 0 Å². The normalized spacial score (nSPS) is 41.1. The second-order valence-electron chi connectivity index (χ2n) is 5.97. The summed E-state index contributed by atoms with van der Waals surface area (Å²) < 4.78 is 16.0. The van der Waals surface area contributed by atoms with Gasteiger partial charge in [0, 0.05) is 17.4 Å². The lowest BCUT2D eigenvalue weighted by Crippen LogP contribution is -2.50. The van der Waals surface area contributed by atoms with Gasteiger partial charge in [-0.3, -0.25) is 4.79 Å². The first-order valence-corrected chi connectivity index (χ1v) is 7.25. The van der Waals surface area contributed by atoms with Crippen molar-refractivity contribution < 1.29 is 29.2 Å². The van der Waals surface area contributed by atoms with Crippen molar-refractivity contribution in [2.75, 3.05) is 13.7 Å². The molecule has 2 aliphatic heterocycles. The largest absolute Gasteiger partial charge is 0.479 e. The molecule has 6 atom stereocenters. The predicted molar refractivity (Wildman–Crippen MR) is 76.3 cm³/mol. The Balaban J connectivity index is 1.93. The summed E-state index contributed by atoms with van der Waals surface area (Å²) in [6.07, 6.45) is 3.65. The maximum absolute atomic E-state index is 12.0. The first-order chi connectivity index (χ1) is 10.4. The molecule has 22 heavy (non-hydrogen) atoms. The minimum Gasteiger partial charge on any atom is -0.479 e. The van der Waals surface area contributed by atoms with Crippen molar-refractivity contribution in [1.29, 1.82) is 0 Å². The third-order valence-electron chi connectivity index (χ3n) is 4.72. The lowest BCUT2D eigenvalue weighted by atomic mass is 9.76. The zero-order valence-electron chi connectivity index (χ0n) is 12.6. The summed E-state index contributed by atoms with van der Waals surface area (Å²) in [5, 5.41) is 19.8. The van der Waals surface area contributed by atoms with E-state index in [1.54, 1.807) is 6.92 Å². The van der Waals surface area contributed by atoms with Crippen LogP contribution in [0.4, 0.5) is 0 Å². The van der Waals surface area contributed by atoms with E-state index in [-0.39, 0.29) is 18.4 Å². The molecule has 0 unspecified atom stereocenters. The first-order valence-electron chi connectivity index (χ1n) is 7.25. The quantitative estimate of drug-likeness (QED) is 0.571. The highest BCUT2D eigenvalue weighted by molar-refractivity contribution is 5.74. The van der Waals surface area contributed by atoms with Gasteiger partial charge in [-0.25, -0.2) is 0 Å². The number of carbonyl (C=O) groups is 1. The van der Waals surface area contributed by atoms with E-state index in [1.165, 1.54) is 7.11 Å². The number of esters is 1. The molecule has 0 aromatic heterocycles. The number of ether oxygens (including phenoxy) is 3. The van der Waals surface area contributed by atoms with Crippen LogP contribution in [0.1, 0.15) is 6.92 Å². The molecule has 3 aliphatic rings. The average Bonchev–Trinajstić information content (AvgIpc) is 2.99. The fourth-order valence-corrected chi connectivity index (χ4v) is 3.58. The van der Waals surface area contributed by atoms with E-state index in [2.05, 4.69) is 6.58 Å². The number of rotatable bonds is 2. The summed E-state index contributed by atoms with van der Waals surface area (Å²) in [6, 6.07) is 0. The van der Waals surface area contributed by atoms with Gasteiger partial charge in [0.2, 0.25) is 0 Å². The van der Waals surface area contributed by atoms with Gasteiger partial charge in [-0.05, 0) is 19.1 Å². The molecule has 2 N–H and O–H groups in total. The van der Waals surface area contributed by atoms with Crippen LogP contribution in [0.5, 0.6) is 0 Å². The van der Waals surface area contributed by atoms with Crippen molar-refractivity contribution in [1.82, 2.24) is 0 Å². The lowest BCUT2D eigenvalue weighted by molar-refractivity contribution is -0.213. The van der Waals surface area contributed by atoms with E-state index in [4.69, 9.17) is 14.2 Å². The molecule has 0 aromatic rings. The smallest absolute Gasteiger partial charge is 0.314 e. The molecule has 0 aromatic carbocycles. The monoisotopic (exact) mass is 308 g/mol. The molecule has 1 spiro atoms. The zero-order chi connectivity index (χ0) is 16.1. The second kappa shape index (κ2) is 5.22. The molecular formula is C16H20O6. The fourth-order valence-electron chi connectivity index (χ4n) is 3.58. The minimum absolute atomic E-state index is 0.187. The van der Waals surface area contributed by atoms with Crippen LogP contribution < -0.4 is 0 Å². The number of aliphatic hydroxyl groups excluding tert-OH is 2. The summed E-state index contributed by atoms with van der Waals surface area (Å²) in [4.78, 5) is 12.0. The van der Waals surface area contributed by atoms with Crippen molar-refractivity contribution in [2.24, 2.45) is 17.8 Å². The van der Waals surface area contributed by atoms with Crippen LogP contribution in [0, 0.1) is 17.8 Å². The highest BCUT2D eigenvalue weighted by Crippen LogP contribution is 2.50. The van der Waals surface area contributed by atoms with Gasteiger partial charge in [0.25, 0.3) is 0 Å². The van der Waals surface area contributed by atoms with Crippen LogP contribution in [0.25, 0.3) is 0 Å². The van der Waals surface area contributed by atoms with E-state index < -0.39 is 29.9 Å². The predicted octanol–water partition coefficient (Wildman–Crippen LogP) is 0.516. The number of hydrogen-bond donors (Lipinski definition) is 2. The Labute approximate surface area is 128 Å². The minimum atomic E-state index is -1.20. The molecule has 3 rings (SSSR count). The van der Waals surface area contributed by atoms with Gasteiger partial charge in [0.15, 0.2) is 11.9 Å². The topological polar surface area (TPSA) is 85.2 Å². The Morgan fingerprint density at radius 1 is 1.59 bits per heavy atom. The summed E-state index contributed by atoms with van der Waals surface area (Å²) >= 11 is 0. The number of aliphatic hydroxyl groups is 2. The van der Waals surface area contributed by atoms with Crippen LogP contribution in [0.3, 0.4) is 0 Å². The molecule has 1 fully saturated rings. The number of methoxy groups -OCH3 is 1. The number of fused-ring (bicyclic) bond motifs is 2. The molecule has 0 bridgehead atoms. The first kappa shape index (κ1) is 15.3. The maximum Gasteiger partial charge on any atom is 0.314 e. The molecule has 0 amide bonds. The SMILES string of the molecule is C=C1O[C@]2(C=C[C@@H]3[C@@H](C(=O)OC)[C@@H](O)OC[C@@H]32)C=C1[C@@H](C)O. The van der Waals surface area contributed by atoms with Crippen molar-refractivity contribution in [3.8, 4) is 0 Å². The van der Waals surface area contributed by atoms with Gasteiger partial charge in [-0.2, -0.15) is 0 Å². The summed E-state index contributed by atoms with van der Waals surface area (Å²) in [5.74, 6) is -1.33. The second-order valence-corrected chi connectivity index (χ2v) is 5.97. The van der Waals surface area contributed by atoms with E-state index >= 15 is 0 Å². The molecule has 120 valence electrons. The van der Waals surface area contributed by atoms with Crippen LogP contribution in [0.2, 0.25) is 0 Å². The molecule has 2 heterocycles. The zero-order valence-corrected chi connectivity index (χ0v) is 12.6. The Bertz CT molecular complexity index is 563. The van der Waals surface area contributed by atoms with Gasteiger partial charge < -0.3 is 24.4 Å². The van der Waals surface area contributed by atoms with Gasteiger partial charge >= 0.3 is 5.97 Å². The molecule has 0 radical (unpaired) electrons. The summed E-state index contributed by atoms with van der Waals surface area (Å²) in [5.41, 5.74) is -0.161. The fraction of sp³-hybridized carbons (Fsp3) is 0.562. The molecule has 1 aliphatic carbocycles. The van der Waals surface area contributed by atoms with Crippen molar-refractivity contribution in [3.63, 3.8) is 0 Å². The Kier molecular flexibility index (Phi) is 3.63. The number of allylic oxidation sites excluding steroid dienone is 1. The molecule has 0 saturated carbocycles. The Morgan fingerprint density at radius 2 is 2.32 bits per heavy atom. The van der Waals surface area contributed by atoms with Crippen LogP contribution in [-0.4, -0.2) is 47.9 Å². The van der Waals surface area contributed by atoms with Crippen molar-refractivity contribution >= 4 is 5.97 Å². The van der Waals surface area contributed by atoms with E-state index in [9.17, 15) is 15.0 Å². The van der Waals surface area contributed by atoms with Crippen LogP contribution in [0.15, 0.2) is 36.1 Å². The van der Waals surface area contributed by atoms with Crippen molar-refractivity contribution in [3.05, 3.63) is 36.1 Å². The molecule has 6 nitrogen and oxygen atoms in total. The Morgan fingerprint density at radius 3 is 2.91 bits per heavy atom. The third kappa shape index (κ3) is 2.10. The van der Waals surface area contributed by atoms with E-state index in [0.717, 1.165) is 0 Å². The standard InChI is InChI=1S/C16H20O6/c1-8(17)11-6-16(22-9(11)2)5-4-10-12(16)7-21-15(19)13(10)14(18)20-3/h4-6,8,10,12-13,15,17,19H,2,7H2,1,3H3/t8-,10+,12+,13+,15+,16-/m1/s1. The molecule has 6 heteroatoms. The third-order valence-corrected chi connectivity index (χ3v) is 4.72. The van der Waals surface area contributed by atoms with Gasteiger partial charge in [-0.1, -0.05) is 12.7 Å². The average molecular weight is 308 g/mol. The molecule has 1 saturated heterocycles.